The maximum absolute atomic E-state index is 13.1. The number of unbranched alkanes of at least 4 members (excludes halogenated alkanes) is 49. The summed E-state index contributed by atoms with van der Waals surface area (Å²) in [7, 11) is 0. The van der Waals surface area contributed by atoms with Crippen molar-refractivity contribution in [3.05, 3.63) is 36.5 Å². The van der Waals surface area contributed by atoms with Gasteiger partial charge in [0.25, 0.3) is 0 Å². The first-order valence-electron chi connectivity index (χ1n) is 35.7. The number of aliphatic hydroxyl groups excluding tert-OH is 5. The zero-order chi connectivity index (χ0) is 58.6. The molecule has 1 heterocycles. The van der Waals surface area contributed by atoms with E-state index in [-0.39, 0.29) is 12.5 Å². The SMILES string of the molecule is CCCCCCC/C=C\C/C=C\CCCCCCCCCCCCCCCCCCCCCCCCCCCC(=O)NC(COC1OC(CO)C(O)C(O)C1O)C(O)/C=C/CCCCCCCCCCCCCCCCCCCCC. The van der Waals surface area contributed by atoms with E-state index in [4.69, 9.17) is 9.47 Å². The highest BCUT2D eigenvalue weighted by Gasteiger charge is 2.44. The van der Waals surface area contributed by atoms with Gasteiger partial charge >= 0.3 is 0 Å². The molecule has 0 saturated carbocycles. The largest absolute Gasteiger partial charge is 0.394 e. The molecule has 1 aliphatic rings. The van der Waals surface area contributed by atoms with E-state index in [0.717, 1.165) is 44.9 Å². The van der Waals surface area contributed by atoms with Gasteiger partial charge in [-0.15, -0.1) is 0 Å². The summed E-state index contributed by atoms with van der Waals surface area (Å²) in [6.45, 7) is 3.82. The van der Waals surface area contributed by atoms with Crippen molar-refractivity contribution in [3.8, 4) is 0 Å². The van der Waals surface area contributed by atoms with Crippen LogP contribution in [-0.2, 0) is 14.3 Å². The second-order valence-corrected chi connectivity index (χ2v) is 25.0. The summed E-state index contributed by atoms with van der Waals surface area (Å²) in [6.07, 6.45) is 75.5. The molecule has 0 radical (unpaired) electrons. The molecule has 7 atom stereocenters. The van der Waals surface area contributed by atoms with Crippen LogP contribution in [0.2, 0.25) is 0 Å². The molecule has 0 aliphatic carbocycles. The second kappa shape index (κ2) is 61.5. The molecule has 0 bridgehead atoms. The molecular weight excluding hydrogens is 1010 g/mol. The third-order valence-corrected chi connectivity index (χ3v) is 17.2. The van der Waals surface area contributed by atoms with Crippen molar-refractivity contribution >= 4 is 5.91 Å². The van der Waals surface area contributed by atoms with Gasteiger partial charge in [-0.1, -0.05) is 339 Å². The topological polar surface area (TPSA) is 149 Å². The molecule has 0 aromatic heterocycles. The Balaban J connectivity index is 2.07. The molecule has 1 fully saturated rings. The number of rotatable bonds is 63. The number of amides is 1. The van der Waals surface area contributed by atoms with Crippen LogP contribution in [-0.4, -0.2) is 87.5 Å². The van der Waals surface area contributed by atoms with Crippen molar-refractivity contribution in [2.75, 3.05) is 13.2 Å². The van der Waals surface area contributed by atoms with E-state index in [0.29, 0.717) is 6.42 Å². The van der Waals surface area contributed by atoms with Crippen LogP contribution in [0.1, 0.15) is 361 Å². The molecular formula is C72H137NO8. The van der Waals surface area contributed by atoms with Crippen molar-refractivity contribution in [3.63, 3.8) is 0 Å². The van der Waals surface area contributed by atoms with Gasteiger partial charge in [-0.3, -0.25) is 4.79 Å². The average Bonchev–Trinajstić information content (AvgIpc) is 3.49. The smallest absolute Gasteiger partial charge is 0.220 e. The Morgan fingerprint density at radius 3 is 1.06 bits per heavy atom. The fraction of sp³-hybridized carbons (Fsp3) is 0.903. The molecule has 81 heavy (non-hydrogen) atoms. The minimum absolute atomic E-state index is 0.169. The quantitative estimate of drug-likeness (QED) is 0.0261. The van der Waals surface area contributed by atoms with Gasteiger partial charge in [0.1, 0.15) is 24.4 Å². The van der Waals surface area contributed by atoms with E-state index in [1.807, 2.05) is 6.08 Å². The van der Waals surface area contributed by atoms with E-state index in [9.17, 15) is 30.3 Å². The van der Waals surface area contributed by atoms with Crippen molar-refractivity contribution in [1.82, 2.24) is 5.32 Å². The number of allylic oxidation sites excluding steroid dienone is 5. The van der Waals surface area contributed by atoms with Gasteiger partial charge in [-0.05, 0) is 51.4 Å². The Morgan fingerprint density at radius 1 is 0.420 bits per heavy atom. The van der Waals surface area contributed by atoms with Crippen molar-refractivity contribution in [1.29, 1.82) is 0 Å². The minimum atomic E-state index is -1.57. The lowest BCUT2D eigenvalue weighted by Gasteiger charge is -2.40. The van der Waals surface area contributed by atoms with Crippen molar-refractivity contribution in [2.45, 2.75) is 403 Å². The summed E-state index contributed by atoms with van der Waals surface area (Å²) in [5.41, 5.74) is 0. The van der Waals surface area contributed by atoms with Crippen molar-refractivity contribution in [2.24, 2.45) is 0 Å². The van der Waals surface area contributed by atoms with Gasteiger partial charge < -0.3 is 40.3 Å². The highest BCUT2D eigenvalue weighted by atomic mass is 16.7. The highest BCUT2D eigenvalue weighted by Crippen LogP contribution is 2.23. The molecule has 9 nitrogen and oxygen atoms in total. The number of hydrogen-bond donors (Lipinski definition) is 6. The molecule has 1 rings (SSSR count). The van der Waals surface area contributed by atoms with E-state index >= 15 is 0 Å². The minimum Gasteiger partial charge on any atom is -0.394 e. The summed E-state index contributed by atoms with van der Waals surface area (Å²) in [5.74, 6) is -0.169. The van der Waals surface area contributed by atoms with Gasteiger partial charge in [0.15, 0.2) is 6.29 Å². The second-order valence-electron chi connectivity index (χ2n) is 25.0. The number of nitrogens with one attached hydrogen (secondary N) is 1. The van der Waals surface area contributed by atoms with Crippen LogP contribution in [0.15, 0.2) is 36.5 Å². The molecule has 1 aliphatic heterocycles. The Labute approximate surface area is 501 Å². The lowest BCUT2D eigenvalue weighted by molar-refractivity contribution is -0.302. The summed E-state index contributed by atoms with van der Waals surface area (Å²) in [5, 5.41) is 54.7. The fourth-order valence-corrected chi connectivity index (χ4v) is 11.6. The lowest BCUT2D eigenvalue weighted by Crippen LogP contribution is -2.60. The molecule has 0 aromatic rings. The number of carbonyl (C=O) groups is 1. The van der Waals surface area contributed by atoms with E-state index in [1.165, 1.54) is 295 Å². The summed E-state index contributed by atoms with van der Waals surface area (Å²) in [6, 6.07) is -0.804. The van der Waals surface area contributed by atoms with E-state index < -0.39 is 49.5 Å². The number of ether oxygens (including phenoxy) is 2. The van der Waals surface area contributed by atoms with Gasteiger partial charge in [-0.2, -0.15) is 0 Å². The maximum atomic E-state index is 13.1. The zero-order valence-corrected chi connectivity index (χ0v) is 53.6. The van der Waals surface area contributed by atoms with Crippen LogP contribution >= 0.6 is 0 Å². The standard InChI is InChI=1S/C72H137NO8/c1-3-5-7-9-11-13-15-17-19-21-23-25-26-27-28-29-30-31-32-33-34-35-36-37-38-39-40-42-44-46-48-50-52-54-56-58-60-62-68(76)73-65(64-80-72-71(79)70(78)69(77)67(63-74)81-72)66(75)61-59-57-55-53-51-49-47-45-43-41-24-22-20-18-16-14-12-10-8-6-4-2/h15,17,21,23,59,61,65-67,69-72,74-75,77-79H,3-14,16,18-20,22,24-58,60,62-64H2,1-2H3,(H,73,76)/b17-15-,23-21-,61-59+. The first-order chi connectivity index (χ1) is 39.8. The van der Waals surface area contributed by atoms with E-state index in [2.05, 4.69) is 43.5 Å². The third-order valence-electron chi connectivity index (χ3n) is 17.2. The molecule has 6 N–H and O–H groups in total. The lowest BCUT2D eigenvalue weighted by atomic mass is 9.99. The Hall–Kier alpha value is -1.59. The third kappa shape index (κ3) is 50.3. The van der Waals surface area contributed by atoms with Crippen molar-refractivity contribution < 1.29 is 39.8 Å². The normalized spacial score (nSPS) is 18.5. The molecule has 9 heteroatoms. The average molecular weight is 1140 g/mol. The van der Waals surface area contributed by atoms with Gasteiger partial charge in [0.05, 0.1) is 25.4 Å². The predicted octanol–water partition coefficient (Wildman–Crippen LogP) is 19.4. The van der Waals surface area contributed by atoms with Crippen LogP contribution in [0.4, 0.5) is 0 Å². The predicted molar refractivity (Wildman–Crippen MR) is 346 cm³/mol. The number of carbonyl (C=O) groups excluding carboxylic acids is 1. The van der Waals surface area contributed by atoms with Gasteiger partial charge in [-0.25, -0.2) is 0 Å². The monoisotopic (exact) mass is 1140 g/mol. The Bertz CT molecular complexity index is 1370. The first-order valence-corrected chi connectivity index (χ1v) is 35.7. The molecule has 0 aromatic carbocycles. The number of aliphatic hydroxyl groups is 5. The molecule has 478 valence electrons. The van der Waals surface area contributed by atoms with Crippen LogP contribution in [0, 0.1) is 0 Å². The highest BCUT2D eigenvalue weighted by molar-refractivity contribution is 5.76. The Kier molecular flexibility index (Phi) is 58.8. The summed E-state index contributed by atoms with van der Waals surface area (Å²) < 4.78 is 11.3. The summed E-state index contributed by atoms with van der Waals surface area (Å²) >= 11 is 0. The number of hydrogen-bond acceptors (Lipinski definition) is 8. The fourth-order valence-electron chi connectivity index (χ4n) is 11.6. The zero-order valence-electron chi connectivity index (χ0n) is 53.6. The van der Waals surface area contributed by atoms with Crippen LogP contribution < -0.4 is 5.32 Å². The molecule has 1 amide bonds. The van der Waals surface area contributed by atoms with Crippen LogP contribution in [0.5, 0.6) is 0 Å². The van der Waals surface area contributed by atoms with Gasteiger partial charge in [0.2, 0.25) is 5.91 Å². The van der Waals surface area contributed by atoms with E-state index in [1.54, 1.807) is 6.08 Å². The van der Waals surface area contributed by atoms with Gasteiger partial charge in [0, 0.05) is 6.42 Å². The first kappa shape index (κ1) is 77.4. The molecule has 1 saturated heterocycles. The summed E-state index contributed by atoms with van der Waals surface area (Å²) in [4.78, 5) is 13.1. The van der Waals surface area contributed by atoms with Crippen LogP contribution in [0.25, 0.3) is 0 Å². The maximum Gasteiger partial charge on any atom is 0.220 e. The Morgan fingerprint density at radius 2 is 0.728 bits per heavy atom. The molecule has 7 unspecified atom stereocenters. The molecule has 0 spiro atoms. The van der Waals surface area contributed by atoms with Crippen LogP contribution in [0.3, 0.4) is 0 Å².